The summed E-state index contributed by atoms with van der Waals surface area (Å²) >= 11 is 0. The predicted octanol–water partition coefficient (Wildman–Crippen LogP) is 0.785. The van der Waals surface area contributed by atoms with Gasteiger partial charge in [-0.15, -0.1) is 0 Å². The van der Waals surface area contributed by atoms with Crippen molar-refractivity contribution in [3.8, 4) is 0 Å². The number of aliphatic hydroxyl groups is 1. The van der Waals surface area contributed by atoms with Crippen LogP contribution in [-0.2, 0) is 9.53 Å². The van der Waals surface area contributed by atoms with Gasteiger partial charge in [-0.2, -0.15) is 4.39 Å². The fourth-order valence-corrected chi connectivity index (χ4v) is 0.475. The van der Waals surface area contributed by atoms with Crippen molar-refractivity contribution in [3.05, 3.63) is 11.9 Å². The number of hydrogen-bond donors (Lipinski definition) is 1. The van der Waals surface area contributed by atoms with Crippen molar-refractivity contribution in [2.75, 3.05) is 13.2 Å². The Labute approximate surface area is 64.5 Å². The molecule has 0 aromatic rings. The first-order valence-corrected chi connectivity index (χ1v) is 3.36. The molecule has 0 fully saturated rings. The van der Waals surface area contributed by atoms with Crippen LogP contribution in [0.2, 0.25) is 0 Å². The minimum absolute atomic E-state index is 0.130. The van der Waals surface area contributed by atoms with E-state index in [0.717, 1.165) is 6.08 Å². The zero-order chi connectivity index (χ0) is 8.69. The van der Waals surface area contributed by atoms with E-state index in [-0.39, 0.29) is 19.6 Å². The van der Waals surface area contributed by atoms with Crippen LogP contribution in [0, 0.1) is 0 Å². The van der Waals surface area contributed by atoms with E-state index in [9.17, 15) is 9.18 Å². The Kier molecular flexibility index (Phi) is 5.37. The third-order valence-corrected chi connectivity index (χ3v) is 0.923. The summed E-state index contributed by atoms with van der Waals surface area (Å²) in [6.07, 6.45) is 1.13. The maximum absolute atomic E-state index is 12.4. The zero-order valence-electron chi connectivity index (χ0n) is 6.34. The SMILES string of the molecule is CCOC(=O)/C(F)=C/CCO. The van der Waals surface area contributed by atoms with Crippen molar-refractivity contribution < 1.29 is 19.0 Å². The van der Waals surface area contributed by atoms with Gasteiger partial charge in [0.15, 0.2) is 0 Å². The Morgan fingerprint density at radius 3 is 2.82 bits per heavy atom. The van der Waals surface area contributed by atoms with Crippen LogP contribution in [0.25, 0.3) is 0 Å². The topological polar surface area (TPSA) is 46.5 Å². The lowest BCUT2D eigenvalue weighted by Gasteiger charge is -1.96. The number of halogens is 1. The van der Waals surface area contributed by atoms with Crippen LogP contribution in [0.1, 0.15) is 13.3 Å². The molecule has 3 nitrogen and oxygen atoms in total. The molecule has 0 aliphatic carbocycles. The quantitative estimate of drug-likeness (QED) is 0.491. The number of ether oxygens (including phenoxy) is 1. The molecule has 0 spiro atoms. The normalized spacial score (nSPS) is 11.4. The monoisotopic (exact) mass is 162 g/mol. The van der Waals surface area contributed by atoms with E-state index in [0.29, 0.717) is 0 Å². The molecule has 0 heterocycles. The molecule has 4 heteroatoms. The highest BCUT2D eigenvalue weighted by atomic mass is 19.1. The molecule has 0 bridgehead atoms. The van der Waals surface area contributed by atoms with Crippen LogP contribution in [0.5, 0.6) is 0 Å². The zero-order valence-corrected chi connectivity index (χ0v) is 6.34. The van der Waals surface area contributed by atoms with Gasteiger partial charge in [-0.25, -0.2) is 4.79 Å². The van der Waals surface area contributed by atoms with Crippen LogP contribution in [0.3, 0.4) is 0 Å². The maximum Gasteiger partial charge on any atom is 0.366 e. The second kappa shape index (κ2) is 5.85. The molecule has 0 aliphatic rings. The van der Waals surface area contributed by atoms with Gasteiger partial charge in [-0.1, -0.05) is 0 Å². The van der Waals surface area contributed by atoms with Gasteiger partial charge in [0, 0.05) is 6.61 Å². The highest BCUT2D eigenvalue weighted by Crippen LogP contribution is 2.00. The van der Waals surface area contributed by atoms with E-state index in [4.69, 9.17) is 5.11 Å². The first kappa shape index (κ1) is 10.1. The van der Waals surface area contributed by atoms with Gasteiger partial charge >= 0.3 is 5.97 Å². The Morgan fingerprint density at radius 1 is 1.73 bits per heavy atom. The van der Waals surface area contributed by atoms with Crippen molar-refractivity contribution in [3.63, 3.8) is 0 Å². The Bertz CT molecular complexity index is 154. The first-order chi connectivity index (χ1) is 5.22. The minimum Gasteiger partial charge on any atom is -0.461 e. The molecule has 0 aromatic heterocycles. The molecule has 0 rings (SSSR count). The van der Waals surface area contributed by atoms with Gasteiger partial charge in [0.25, 0.3) is 0 Å². The van der Waals surface area contributed by atoms with Crippen molar-refractivity contribution in [1.29, 1.82) is 0 Å². The average molecular weight is 162 g/mol. The van der Waals surface area contributed by atoms with Crippen LogP contribution >= 0.6 is 0 Å². The Morgan fingerprint density at radius 2 is 2.36 bits per heavy atom. The molecular weight excluding hydrogens is 151 g/mol. The summed E-state index contributed by atoms with van der Waals surface area (Å²) in [5, 5.41) is 8.26. The third-order valence-electron chi connectivity index (χ3n) is 0.923. The number of carbonyl (C=O) groups excluding carboxylic acids is 1. The van der Waals surface area contributed by atoms with Crippen molar-refractivity contribution in [1.82, 2.24) is 0 Å². The first-order valence-electron chi connectivity index (χ1n) is 3.36. The summed E-state index contributed by atoms with van der Waals surface area (Å²) in [4.78, 5) is 10.5. The van der Waals surface area contributed by atoms with Gasteiger partial charge in [0.2, 0.25) is 5.83 Å². The molecule has 0 saturated heterocycles. The molecule has 0 amide bonds. The summed E-state index contributed by atoms with van der Waals surface area (Å²) < 4.78 is 16.8. The molecule has 0 aromatic carbocycles. The van der Waals surface area contributed by atoms with E-state index in [1.165, 1.54) is 0 Å². The lowest BCUT2D eigenvalue weighted by molar-refractivity contribution is -0.140. The summed E-state index contributed by atoms with van der Waals surface area (Å²) in [7, 11) is 0. The molecule has 1 N–H and O–H groups in total. The van der Waals surface area contributed by atoms with E-state index in [1.54, 1.807) is 6.92 Å². The van der Waals surface area contributed by atoms with Crippen molar-refractivity contribution >= 4 is 5.97 Å². The van der Waals surface area contributed by atoms with Crippen molar-refractivity contribution in [2.45, 2.75) is 13.3 Å². The highest BCUT2D eigenvalue weighted by molar-refractivity contribution is 5.85. The Balaban J connectivity index is 3.80. The summed E-state index contributed by atoms with van der Waals surface area (Å²) in [5.74, 6) is -1.91. The maximum atomic E-state index is 12.4. The predicted molar refractivity (Wildman–Crippen MR) is 37.5 cm³/mol. The summed E-state index contributed by atoms with van der Waals surface area (Å²) in [6.45, 7) is 1.57. The molecule has 0 aliphatic heterocycles. The number of aliphatic hydroxyl groups excluding tert-OH is 1. The van der Waals surface area contributed by atoms with Crippen molar-refractivity contribution in [2.24, 2.45) is 0 Å². The number of carbonyl (C=O) groups is 1. The standard InChI is InChI=1S/C7H11FO3/c1-2-11-7(10)6(8)4-3-5-9/h4,9H,2-3,5H2,1H3/b6-4-. The fourth-order valence-electron chi connectivity index (χ4n) is 0.475. The van der Waals surface area contributed by atoms with Crippen LogP contribution in [-0.4, -0.2) is 24.3 Å². The molecule has 0 saturated carbocycles. The minimum atomic E-state index is -0.971. The Hall–Kier alpha value is -0.900. The third kappa shape index (κ3) is 4.50. The van der Waals surface area contributed by atoms with Gasteiger partial charge in [-0.05, 0) is 19.4 Å². The number of hydrogen-bond acceptors (Lipinski definition) is 3. The van der Waals surface area contributed by atoms with E-state index in [1.807, 2.05) is 0 Å². The second-order valence-corrected chi connectivity index (χ2v) is 1.78. The number of rotatable bonds is 4. The van der Waals surface area contributed by atoms with E-state index < -0.39 is 11.8 Å². The van der Waals surface area contributed by atoms with Crippen LogP contribution in [0.15, 0.2) is 11.9 Å². The van der Waals surface area contributed by atoms with Crippen LogP contribution in [0.4, 0.5) is 4.39 Å². The smallest absolute Gasteiger partial charge is 0.366 e. The molecule has 64 valence electrons. The largest absolute Gasteiger partial charge is 0.461 e. The summed E-state index contributed by atoms with van der Waals surface area (Å²) in [6, 6.07) is 0. The van der Waals surface area contributed by atoms with Gasteiger partial charge in [0.1, 0.15) is 0 Å². The molecular formula is C7H11FO3. The van der Waals surface area contributed by atoms with E-state index >= 15 is 0 Å². The highest BCUT2D eigenvalue weighted by Gasteiger charge is 2.07. The molecule has 0 atom stereocenters. The van der Waals surface area contributed by atoms with E-state index in [2.05, 4.69) is 4.74 Å². The molecule has 0 unspecified atom stereocenters. The lowest BCUT2D eigenvalue weighted by Crippen LogP contribution is -2.04. The number of esters is 1. The van der Waals surface area contributed by atoms with Gasteiger partial charge < -0.3 is 9.84 Å². The van der Waals surface area contributed by atoms with Gasteiger partial charge in [-0.3, -0.25) is 0 Å². The lowest BCUT2D eigenvalue weighted by atomic mass is 10.4. The molecule has 11 heavy (non-hydrogen) atoms. The second-order valence-electron chi connectivity index (χ2n) is 1.78. The van der Waals surface area contributed by atoms with Gasteiger partial charge in [0.05, 0.1) is 6.61 Å². The van der Waals surface area contributed by atoms with Crippen LogP contribution < -0.4 is 0 Å². The summed E-state index contributed by atoms with van der Waals surface area (Å²) in [5.41, 5.74) is 0. The molecule has 0 radical (unpaired) electrons. The average Bonchev–Trinajstić information content (AvgIpc) is 2.00. The fraction of sp³-hybridized carbons (Fsp3) is 0.571.